The van der Waals surface area contributed by atoms with Crippen molar-refractivity contribution in [3.05, 3.63) is 41.5 Å². The summed E-state index contributed by atoms with van der Waals surface area (Å²) in [5.41, 5.74) is 2.46. The maximum atomic E-state index is 9.38. The third-order valence-corrected chi connectivity index (χ3v) is 9.96. The second-order valence-corrected chi connectivity index (χ2v) is 18.8. The Labute approximate surface area is 245 Å². The van der Waals surface area contributed by atoms with Gasteiger partial charge in [0, 0.05) is 26.5 Å². The van der Waals surface area contributed by atoms with E-state index in [0.29, 0.717) is 25.2 Å². The van der Waals surface area contributed by atoms with Gasteiger partial charge in [-0.15, -0.1) is 0 Å². The molecule has 1 fully saturated rings. The fraction of sp³-hybridized carbons (Fsp3) is 0.758. The molecule has 7 heteroatoms. The molecule has 40 heavy (non-hydrogen) atoms. The average molecular weight is 579 g/mol. The van der Waals surface area contributed by atoms with E-state index in [2.05, 4.69) is 79.4 Å². The molecule has 1 saturated heterocycles. The van der Waals surface area contributed by atoms with E-state index in [1.807, 2.05) is 12.1 Å². The van der Waals surface area contributed by atoms with Crippen LogP contribution in [-0.2, 0) is 25.6 Å². The van der Waals surface area contributed by atoms with E-state index in [9.17, 15) is 5.11 Å². The fourth-order valence-electron chi connectivity index (χ4n) is 5.55. The van der Waals surface area contributed by atoms with Gasteiger partial charge in [0.2, 0.25) is 0 Å². The van der Waals surface area contributed by atoms with Crippen LogP contribution in [-0.4, -0.2) is 64.7 Å². The normalized spacial score (nSPS) is 22.3. The molecule has 0 spiro atoms. The van der Waals surface area contributed by atoms with E-state index in [4.69, 9.17) is 23.7 Å². The number of aliphatic hydroxyl groups is 1. The topological polar surface area (TPSA) is 69.7 Å². The van der Waals surface area contributed by atoms with E-state index in [1.165, 1.54) is 5.57 Å². The summed E-state index contributed by atoms with van der Waals surface area (Å²) in [6.07, 6.45) is 4.49. The van der Waals surface area contributed by atoms with Gasteiger partial charge in [-0.05, 0) is 48.9 Å². The number of ether oxygens (including phenoxy) is 5. The molecular weight excluding hydrogens is 520 g/mol. The number of epoxide rings is 1. The van der Waals surface area contributed by atoms with Crippen molar-refractivity contribution in [2.75, 3.05) is 27.1 Å². The van der Waals surface area contributed by atoms with Crippen molar-refractivity contribution in [3.8, 4) is 5.75 Å². The first kappa shape index (κ1) is 35.0. The number of allylic oxidation sites excluding steroid dienone is 1. The molecule has 1 aromatic rings. The molecule has 0 amide bonds. The first-order valence-corrected chi connectivity index (χ1v) is 19.0. The molecule has 1 aliphatic rings. The average Bonchev–Trinajstić information content (AvgIpc) is 3.70. The smallest absolute Gasteiger partial charge is 0.147 e. The highest BCUT2D eigenvalue weighted by Crippen LogP contribution is 2.34. The van der Waals surface area contributed by atoms with Crippen molar-refractivity contribution >= 4 is 8.07 Å². The molecule has 0 radical (unpaired) electrons. The van der Waals surface area contributed by atoms with Gasteiger partial charge >= 0.3 is 0 Å². The molecule has 0 unspecified atom stereocenters. The molecular formula is C33H58O6Si. The van der Waals surface area contributed by atoms with Gasteiger partial charge in [-0.1, -0.05) is 84.5 Å². The molecule has 0 bridgehead atoms. The van der Waals surface area contributed by atoms with Gasteiger partial charge in [0.1, 0.15) is 18.6 Å². The maximum Gasteiger partial charge on any atom is 0.147 e. The minimum absolute atomic E-state index is 0.00350. The minimum Gasteiger partial charge on any atom is -0.497 e. The molecule has 0 aromatic heterocycles. The number of aliphatic hydroxyl groups excluding tert-OH is 1. The summed E-state index contributed by atoms with van der Waals surface area (Å²) in [6, 6.07) is 9.23. The van der Waals surface area contributed by atoms with Crippen LogP contribution in [0.4, 0.5) is 0 Å². The van der Waals surface area contributed by atoms with Crippen LogP contribution in [0.5, 0.6) is 5.75 Å². The van der Waals surface area contributed by atoms with E-state index in [1.54, 1.807) is 7.11 Å². The first-order valence-electron chi connectivity index (χ1n) is 15.3. The Kier molecular flexibility index (Phi) is 14.9. The van der Waals surface area contributed by atoms with Gasteiger partial charge in [0.25, 0.3) is 0 Å². The van der Waals surface area contributed by atoms with Crippen molar-refractivity contribution in [2.24, 2.45) is 23.7 Å². The number of hydrogen-bond acceptors (Lipinski definition) is 6. The highest BCUT2D eigenvalue weighted by molar-refractivity contribution is 6.76. The molecule has 1 N–H and O–H groups in total. The second-order valence-electron chi connectivity index (χ2n) is 13.2. The third kappa shape index (κ3) is 11.9. The van der Waals surface area contributed by atoms with E-state index in [0.717, 1.165) is 36.8 Å². The van der Waals surface area contributed by atoms with Crippen molar-refractivity contribution in [1.82, 2.24) is 0 Å². The summed E-state index contributed by atoms with van der Waals surface area (Å²) < 4.78 is 30.1. The molecule has 1 aliphatic heterocycles. The van der Waals surface area contributed by atoms with Crippen LogP contribution in [0.1, 0.15) is 59.9 Å². The van der Waals surface area contributed by atoms with Crippen molar-refractivity contribution < 1.29 is 28.8 Å². The Morgan fingerprint density at radius 2 is 1.73 bits per heavy atom. The Hall–Kier alpha value is -1.22. The number of methoxy groups -OCH3 is 1. The minimum atomic E-state index is -1.16. The lowest BCUT2D eigenvalue weighted by Crippen LogP contribution is -2.41. The van der Waals surface area contributed by atoms with Crippen molar-refractivity contribution in [1.29, 1.82) is 0 Å². The number of benzene rings is 1. The van der Waals surface area contributed by atoms with Crippen LogP contribution in [0.15, 0.2) is 35.9 Å². The van der Waals surface area contributed by atoms with Gasteiger partial charge in [0.15, 0.2) is 0 Å². The molecule has 1 aromatic carbocycles. The van der Waals surface area contributed by atoms with Crippen LogP contribution >= 0.6 is 0 Å². The Morgan fingerprint density at radius 1 is 1.05 bits per heavy atom. The third-order valence-electron chi connectivity index (χ3n) is 8.26. The van der Waals surface area contributed by atoms with Gasteiger partial charge in [-0.3, -0.25) is 0 Å². The van der Waals surface area contributed by atoms with Crippen molar-refractivity contribution in [2.45, 2.75) is 111 Å². The predicted octanol–water partition coefficient (Wildman–Crippen LogP) is 7.33. The lowest BCUT2D eigenvalue weighted by atomic mass is 9.82. The van der Waals surface area contributed by atoms with E-state index < -0.39 is 8.07 Å². The van der Waals surface area contributed by atoms with Gasteiger partial charge in [0.05, 0.1) is 38.6 Å². The Balaban J connectivity index is 2.14. The summed E-state index contributed by atoms with van der Waals surface area (Å²) in [5.74, 6) is 1.96. The monoisotopic (exact) mass is 578 g/mol. The summed E-state index contributed by atoms with van der Waals surface area (Å²) in [4.78, 5) is 0. The predicted molar refractivity (Wildman–Crippen MR) is 166 cm³/mol. The Bertz CT molecular complexity index is 867. The molecule has 2 rings (SSSR count). The number of rotatable bonds is 20. The van der Waals surface area contributed by atoms with Crippen LogP contribution < -0.4 is 4.74 Å². The largest absolute Gasteiger partial charge is 0.497 e. The molecule has 8 atom stereocenters. The quantitative estimate of drug-likeness (QED) is 0.0574. The second kappa shape index (κ2) is 17.0. The zero-order valence-corrected chi connectivity index (χ0v) is 27.9. The van der Waals surface area contributed by atoms with Crippen LogP contribution in [0.3, 0.4) is 0 Å². The van der Waals surface area contributed by atoms with Gasteiger partial charge < -0.3 is 28.8 Å². The van der Waals surface area contributed by atoms with E-state index in [-0.39, 0.29) is 42.9 Å². The van der Waals surface area contributed by atoms with Crippen LogP contribution in [0.25, 0.3) is 0 Å². The Morgan fingerprint density at radius 3 is 2.27 bits per heavy atom. The summed E-state index contributed by atoms with van der Waals surface area (Å²) in [6.45, 7) is 22.2. The molecule has 0 saturated carbocycles. The van der Waals surface area contributed by atoms with Crippen LogP contribution in [0.2, 0.25) is 25.7 Å². The first-order chi connectivity index (χ1) is 18.9. The summed E-state index contributed by atoms with van der Waals surface area (Å²) >= 11 is 0. The van der Waals surface area contributed by atoms with Gasteiger partial charge in [-0.25, -0.2) is 0 Å². The standard InChI is InChI=1S/C33H58O6Si/c1-11-24(3)31(37-21-28-12-14-29(35-7)15-13-28)27(6)32(38-22-36-16-17-40(8,9)10)25(4)18-23(2)19-26(5)33-30(20-34)39-33/h12-15,18,24-27,30-34H,11,16-17,19-22H2,1-10H3/b23-18+/t24-,25-,26+,27+,30+,31-,32-,33+/m1/s1. The molecule has 1 heterocycles. The maximum absolute atomic E-state index is 9.38. The van der Waals surface area contributed by atoms with Crippen LogP contribution in [0, 0.1) is 23.7 Å². The van der Waals surface area contributed by atoms with E-state index >= 15 is 0 Å². The fourth-order valence-corrected chi connectivity index (χ4v) is 6.31. The number of hydrogen-bond donors (Lipinski definition) is 1. The lowest BCUT2D eigenvalue weighted by molar-refractivity contribution is -0.144. The zero-order valence-electron chi connectivity index (χ0n) is 26.9. The molecule has 230 valence electrons. The SMILES string of the molecule is CC[C@@H](C)[C@@H](OCc1ccc(OC)cc1)[C@H](C)[C@H](OCOCC[Si](C)(C)C)[C@H](C)/C=C(\C)C[C@H](C)[C@@H]1O[C@H]1CO. The molecule has 0 aliphatic carbocycles. The molecule has 6 nitrogen and oxygen atoms in total. The summed E-state index contributed by atoms with van der Waals surface area (Å²) in [5, 5.41) is 9.38. The highest BCUT2D eigenvalue weighted by atomic mass is 28.3. The highest BCUT2D eigenvalue weighted by Gasteiger charge is 2.42. The summed E-state index contributed by atoms with van der Waals surface area (Å²) in [7, 11) is 0.527. The van der Waals surface area contributed by atoms with Gasteiger partial charge in [-0.2, -0.15) is 0 Å². The zero-order chi connectivity index (χ0) is 29.9. The van der Waals surface area contributed by atoms with Crippen molar-refractivity contribution in [3.63, 3.8) is 0 Å². The lowest BCUT2D eigenvalue weighted by Gasteiger charge is -2.36.